The Bertz CT molecular complexity index is 256. The van der Waals surface area contributed by atoms with Crippen molar-refractivity contribution in [1.82, 2.24) is 0 Å². The third-order valence-corrected chi connectivity index (χ3v) is 4.04. The minimum atomic E-state index is 0.346. The Kier molecular flexibility index (Phi) is 3.37. The van der Waals surface area contributed by atoms with Crippen molar-refractivity contribution in [2.75, 3.05) is 0 Å². The molecule has 0 aliphatic carbocycles. The van der Waals surface area contributed by atoms with Gasteiger partial charge in [0.25, 0.3) is 0 Å². The highest BCUT2D eigenvalue weighted by Gasteiger charge is 2.05. The maximum absolute atomic E-state index is 3.98. The third kappa shape index (κ3) is 2.18. The van der Waals surface area contributed by atoms with Gasteiger partial charge in [-0.3, -0.25) is 0 Å². The van der Waals surface area contributed by atoms with Crippen molar-refractivity contribution in [3.05, 3.63) is 38.7 Å². The summed E-state index contributed by atoms with van der Waals surface area (Å²) in [5.41, 5.74) is 1.27. The fourth-order valence-corrected chi connectivity index (χ4v) is 2.08. The molecule has 0 saturated carbocycles. The van der Waals surface area contributed by atoms with Gasteiger partial charge < -0.3 is 0 Å². The Hall–Kier alpha value is 0.430. The number of hydrogen-bond donors (Lipinski definition) is 0. The fourth-order valence-electron chi connectivity index (χ4n) is 0.901. The van der Waals surface area contributed by atoms with E-state index in [0.29, 0.717) is 5.92 Å². The van der Waals surface area contributed by atoms with Crippen molar-refractivity contribution in [2.24, 2.45) is 0 Å². The second-order valence-electron chi connectivity index (χ2n) is 2.54. The van der Waals surface area contributed by atoms with Crippen molar-refractivity contribution in [3.8, 4) is 0 Å². The van der Waals surface area contributed by atoms with E-state index in [1.807, 2.05) is 0 Å². The zero-order valence-electron chi connectivity index (χ0n) is 6.27. The lowest BCUT2D eigenvalue weighted by atomic mass is 10.0. The number of benzene rings is 1. The predicted molar refractivity (Wildman–Crippen MR) is 60.6 cm³/mol. The van der Waals surface area contributed by atoms with Gasteiger partial charge in [0, 0.05) is 8.04 Å². The Morgan fingerprint density at radius 1 is 1.55 bits per heavy atom. The average molecular weight is 324 g/mol. The van der Waals surface area contributed by atoms with Crippen LogP contribution in [0.25, 0.3) is 0 Å². The zero-order chi connectivity index (χ0) is 8.43. The Labute approximate surface area is 89.7 Å². The molecule has 2 heteroatoms. The molecule has 11 heavy (non-hydrogen) atoms. The van der Waals surface area contributed by atoms with Crippen molar-refractivity contribution in [2.45, 2.75) is 12.8 Å². The Morgan fingerprint density at radius 2 is 2.18 bits per heavy atom. The summed E-state index contributed by atoms with van der Waals surface area (Å²) < 4.78 is 2.43. The summed E-state index contributed by atoms with van der Waals surface area (Å²) in [5.74, 6) is 0.346. The topological polar surface area (TPSA) is 0 Å². The van der Waals surface area contributed by atoms with Crippen LogP contribution in [-0.4, -0.2) is 0 Å². The molecule has 0 aliphatic heterocycles. The molecule has 1 atom stereocenters. The predicted octanol–water partition coefficient (Wildman–Crippen LogP) is 3.99. The van der Waals surface area contributed by atoms with Crippen LogP contribution in [-0.2, 0) is 0 Å². The summed E-state index contributed by atoms with van der Waals surface area (Å²) in [6, 6.07) is 6.24. The van der Waals surface area contributed by atoms with Crippen LogP contribution in [0.3, 0.4) is 0 Å². The van der Waals surface area contributed by atoms with E-state index in [0.717, 1.165) is 0 Å². The van der Waals surface area contributed by atoms with Gasteiger partial charge in [0.15, 0.2) is 0 Å². The van der Waals surface area contributed by atoms with Crippen LogP contribution in [0.4, 0.5) is 0 Å². The molecule has 59 valence electrons. The minimum Gasteiger partial charge on any atom is -0.0609 e. The summed E-state index contributed by atoms with van der Waals surface area (Å²) in [7, 11) is 0. The van der Waals surface area contributed by atoms with Gasteiger partial charge in [0.1, 0.15) is 0 Å². The lowest BCUT2D eigenvalue weighted by Crippen LogP contribution is -1.90. The highest BCUT2D eigenvalue weighted by Crippen LogP contribution is 2.28. The molecule has 1 rings (SSSR count). The van der Waals surface area contributed by atoms with E-state index < -0.39 is 0 Å². The molecule has 0 fully saturated rings. The van der Waals surface area contributed by atoms with E-state index >= 15 is 0 Å². The van der Waals surface area contributed by atoms with Crippen LogP contribution in [0.1, 0.15) is 18.4 Å². The van der Waals surface area contributed by atoms with Gasteiger partial charge in [-0.15, -0.1) is 0 Å². The zero-order valence-corrected chi connectivity index (χ0v) is 10.0. The summed E-state index contributed by atoms with van der Waals surface area (Å²) in [4.78, 5) is 0. The molecule has 1 aromatic rings. The lowest BCUT2D eigenvalue weighted by Gasteiger charge is -2.08. The Balaban J connectivity index is 3.17. The minimum absolute atomic E-state index is 0.346. The van der Waals surface area contributed by atoms with Gasteiger partial charge in [0.05, 0.1) is 0 Å². The fraction of sp³-hybridized carbons (Fsp3) is 0.222. The maximum Gasteiger partial charge on any atom is 0.0343 e. The molecule has 0 aromatic heterocycles. The van der Waals surface area contributed by atoms with Gasteiger partial charge in [-0.05, 0) is 63.0 Å². The maximum atomic E-state index is 3.98. The van der Waals surface area contributed by atoms with Gasteiger partial charge in [-0.25, -0.2) is 0 Å². The van der Waals surface area contributed by atoms with E-state index in [-0.39, 0.29) is 0 Å². The first kappa shape index (κ1) is 9.52. The van der Waals surface area contributed by atoms with Gasteiger partial charge in [0.2, 0.25) is 0 Å². The largest absolute Gasteiger partial charge is 0.0609 e. The van der Waals surface area contributed by atoms with Crippen molar-refractivity contribution in [1.29, 1.82) is 0 Å². The number of rotatable bonds is 1. The molecule has 1 radical (unpaired) electrons. The highest BCUT2D eigenvalue weighted by atomic mass is 127. The first-order valence-electron chi connectivity index (χ1n) is 3.40. The molecular formula is C9H9BrI. The van der Waals surface area contributed by atoms with Crippen molar-refractivity contribution in [3.63, 3.8) is 0 Å². The molecule has 1 unspecified atom stereocenters. The quantitative estimate of drug-likeness (QED) is 0.685. The molecule has 0 bridgehead atoms. The molecule has 0 saturated heterocycles. The molecule has 0 heterocycles. The molecule has 0 amide bonds. The standard InChI is InChI=1S/C9H9BrI/c1-6(2)7-4-3-5-8(11)9(7)10/h3-6H,1H2,2H3. The van der Waals surface area contributed by atoms with E-state index in [4.69, 9.17) is 0 Å². The van der Waals surface area contributed by atoms with Gasteiger partial charge >= 0.3 is 0 Å². The lowest BCUT2D eigenvalue weighted by molar-refractivity contribution is 0.954. The number of hydrogen-bond acceptors (Lipinski definition) is 0. The summed E-state index contributed by atoms with van der Waals surface area (Å²) >= 11 is 5.84. The van der Waals surface area contributed by atoms with Crippen LogP contribution in [0, 0.1) is 10.5 Å². The average Bonchev–Trinajstić information content (AvgIpc) is 1.94. The monoisotopic (exact) mass is 323 g/mol. The normalized spacial score (nSPS) is 10.6. The van der Waals surface area contributed by atoms with Crippen LogP contribution in [0.2, 0.25) is 0 Å². The molecule has 1 aromatic carbocycles. The van der Waals surface area contributed by atoms with E-state index in [1.54, 1.807) is 0 Å². The molecular weight excluding hydrogens is 315 g/mol. The van der Waals surface area contributed by atoms with Crippen molar-refractivity contribution < 1.29 is 0 Å². The summed E-state index contributed by atoms with van der Waals surface area (Å²) in [6.07, 6.45) is 0. The Morgan fingerprint density at radius 3 is 2.64 bits per heavy atom. The summed E-state index contributed by atoms with van der Waals surface area (Å²) in [5, 5.41) is 0. The van der Waals surface area contributed by atoms with E-state index in [1.165, 1.54) is 13.6 Å². The summed E-state index contributed by atoms with van der Waals surface area (Å²) in [6.45, 7) is 6.07. The van der Waals surface area contributed by atoms with Crippen LogP contribution >= 0.6 is 38.5 Å². The number of halogens is 2. The van der Waals surface area contributed by atoms with Crippen LogP contribution < -0.4 is 0 Å². The van der Waals surface area contributed by atoms with Crippen molar-refractivity contribution >= 4 is 38.5 Å². The molecule has 0 N–H and O–H groups in total. The van der Waals surface area contributed by atoms with Gasteiger partial charge in [-0.2, -0.15) is 0 Å². The van der Waals surface area contributed by atoms with Crippen LogP contribution in [0.15, 0.2) is 22.7 Å². The van der Waals surface area contributed by atoms with E-state index in [9.17, 15) is 0 Å². The first-order chi connectivity index (χ1) is 5.13. The third-order valence-electron chi connectivity index (χ3n) is 1.51. The second kappa shape index (κ2) is 3.90. The molecule has 0 aliphatic rings. The van der Waals surface area contributed by atoms with Gasteiger partial charge in [-0.1, -0.05) is 19.1 Å². The SMILES string of the molecule is [CH2]C(C)c1cccc(I)c1Br. The molecule has 0 nitrogen and oxygen atoms in total. The molecule has 0 spiro atoms. The van der Waals surface area contributed by atoms with E-state index in [2.05, 4.69) is 70.6 Å². The van der Waals surface area contributed by atoms with Crippen LogP contribution in [0.5, 0.6) is 0 Å². The first-order valence-corrected chi connectivity index (χ1v) is 5.27. The second-order valence-corrected chi connectivity index (χ2v) is 4.50. The smallest absolute Gasteiger partial charge is 0.0343 e. The highest BCUT2D eigenvalue weighted by molar-refractivity contribution is 14.1.